The Kier molecular flexibility index (Phi) is 2.17. The van der Waals surface area contributed by atoms with Gasteiger partial charge in [-0.05, 0) is 54.5 Å². The van der Waals surface area contributed by atoms with Crippen molar-refractivity contribution in [3.05, 3.63) is 28.8 Å². The van der Waals surface area contributed by atoms with Gasteiger partial charge in [0.2, 0.25) is 0 Å². The van der Waals surface area contributed by atoms with Crippen LogP contribution in [-0.4, -0.2) is 13.2 Å². The van der Waals surface area contributed by atoms with Crippen molar-refractivity contribution in [2.45, 2.75) is 31.6 Å². The third kappa shape index (κ3) is 1.44. The van der Waals surface area contributed by atoms with E-state index in [0.29, 0.717) is 5.92 Å². The highest BCUT2D eigenvalue weighted by molar-refractivity contribution is 5.48. The highest BCUT2D eigenvalue weighted by atomic mass is 16.5. The molecular formula is C13H17NO. The molecule has 0 bridgehead atoms. The van der Waals surface area contributed by atoms with E-state index >= 15 is 0 Å². The summed E-state index contributed by atoms with van der Waals surface area (Å²) in [7, 11) is 0. The molecule has 3 rings (SSSR count). The molecule has 80 valence electrons. The number of fused-ring (bicyclic) bond motifs is 2. The number of ether oxygens (including phenoxy) is 1. The summed E-state index contributed by atoms with van der Waals surface area (Å²) in [4.78, 5) is 0. The van der Waals surface area contributed by atoms with Gasteiger partial charge in [0.25, 0.3) is 0 Å². The first-order chi connectivity index (χ1) is 7.38. The zero-order valence-electron chi connectivity index (χ0n) is 8.96. The molecule has 2 N–H and O–H groups in total. The van der Waals surface area contributed by atoms with Gasteiger partial charge in [-0.15, -0.1) is 0 Å². The summed E-state index contributed by atoms with van der Waals surface area (Å²) >= 11 is 0. The smallest absolute Gasteiger partial charge is 0.122 e. The summed E-state index contributed by atoms with van der Waals surface area (Å²) in [6.07, 6.45) is 4.71. The fourth-order valence-corrected chi connectivity index (χ4v) is 2.87. The maximum Gasteiger partial charge on any atom is 0.122 e. The molecule has 0 saturated carbocycles. The summed E-state index contributed by atoms with van der Waals surface area (Å²) in [6, 6.07) is 4.62. The molecule has 1 aromatic rings. The summed E-state index contributed by atoms with van der Waals surface area (Å²) in [5.41, 5.74) is 10.1. The lowest BCUT2D eigenvalue weighted by Crippen LogP contribution is -2.04. The quantitative estimate of drug-likeness (QED) is 0.798. The number of hydrogen-bond donors (Lipinski definition) is 1. The number of hydrogen-bond acceptors (Lipinski definition) is 2. The molecule has 1 atom stereocenters. The molecule has 1 heterocycles. The zero-order chi connectivity index (χ0) is 10.3. The number of aryl methyl sites for hydroxylation is 1. The number of nitrogens with two attached hydrogens (primary N) is 1. The molecule has 0 aromatic heterocycles. The van der Waals surface area contributed by atoms with Crippen LogP contribution in [0.1, 0.15) is 35.4 Å². The number of benzene rings is 1. The summed E-state index contributed by atoms with van der Waals surface area (Å²) in [5.74, 6) is 1.80. The highest BCUT2D eigenvalue weighted by Crippen LogP contribution is 2.40. The van der Waals surface area contributed by atoms with Crippen molar-refractivity contribution >= 4 is 0 Å². The molecule has 0 radical (unpaired) electrons. The van der Waals surface area contributed by atoms with Gasteiger partial charge in [0.15, 0.2) is 0 Å². The Labute approximate surface area is 90.4 Å². The monoisotopic (exact) mass is 203 g/mol. The van der Waals surface area contributed by atoms with Gasteiger partial charge in [-0.2, -0.15) is 0 Å². The van der Waals surface area contributed by atoms with Crippen LogP contribution >= 0.6 is 0 Å². The fraction of sp³-hybridized carbons (Fsp3) is 0.538. The Bertz CT molecular complexity index is 386. The Morgan fingerprint density at radius 2 is 2.20 bits per heavy atom. The molecule has 0 unspecified atom stereocenters. The molecule has 0 fully saturated rings. The van der Waals surface area contributed by atoms with Crippen LogP contribution < -0.4 is 10.5 Å². The lowest BCUT2D eigenvalue weighted by Gasteiger charge is -2.11. The average Bonchev–Trinajstić information content (AvgIpc) is 2.82. The molecule has 2 heteroatoms. The molecule has 0 amide bonds. The van der Waals surface area contributed by atoms with Gasteiger partial charge in [-0.3, -0.25) is 0 Å². The molecule has 15 heavy (non-hydrogen) atoms. The van der Waals surface area contributed by atoms with Gasteiger partial charge in [-0.1, -0.05) is 6.07 Å². The second-order valence-corrected chi connectivity index (χ2v) is 4.57. The van der Waals surface area contributed by atoms with Gasteiger partial charge in [0.1, 0.15) is 5.75 Å². The van der Waals surface area contributed by atoms with E-state index in [1.54, 1.807) is 0 Å². The molecule has 0 spiro atoms. The largest absolute Gasteiger partial charge is 0.493 e. The van der Waals surface area contributed by atoms with Crippen molar-refractivity contribution < 1.29 is 4.74 Å². The summed E-state index contributed by atoms with van der Waals surface area (Å²) < 4.78 is 5.62. The summed E-state index contributed by atoms with van der Waals surface area (Å²) in [6.45, 7) is 1.65. The van der Waals surface area contributed by atoms with Gasteiger partial charge < -0.3 is 10.5 Å². The minimum atomic E-state index is 0.680. The molecule has 1 aromatic carbocycles. The Balaban J connectivity index is 1.98. The molecular weight excluding hydrogens is 186 g/mol. The van der Waals surface area contributed by atoms with Gasteiger partial charge in [0.05, 0.1) is 6.61 Å². The topological polar surface area (TPSA) is 35.2 Å². The van der Waals surface area contributed by atoms with E-state index in [-0.39, 0.29) is 0 Å². The Morgan fingerprint density at radius 3 is 3.07 bits per heavy atom. The van der Waals surface area contributed by atoms with Crippen LogP contribution in [0.4, 0.5) is 0 Å². The van der Waals surface area contributed by atoms with Crippen molar-refractivity contribution in [1.82, 2.24) is 0 Å². The third-order valence-electron chi connectivity index (χ3n) is 3.67. The van der Waals surface area contributed by atoms with E-state index < -0.39 is 0 Å². The maximum absolute atomic E-state index is 5.65. The van der Waals surface area contributed by atoms with Crippen molar-refractivity contribution in [2.24, 2.45) is 5.73 Å². The van der Waals surface area contributed by atoms with Gasteiger partial charge >= 0.3 is 0 Å². The van der Waals surface area contributed by atoms with E-state index in [1.165, 1.54) is 29.5 Å². The Hall–Kier alpha value is -1.02. The molecule has 1 aliphatic heterocycles. The fourth-order valence-electron chi connectivity index (χ4n) is 2.87. The minimum Gasteiger partial charge on any atom is -0.493 e. The van der Waals surface area contributed by atoms with Crippen molar-refractivity contribution in [2.75, 3.05) is 13.2 Å². The average molecular weight is 203 g/mol. The van der Waals surface area contributed by atoms with Crippen LogP contribution in [-0.2, 0) is 12.8 Å². The van der Waals surface area contributed by atoms with E-state index in [0.717, 1.165) is 31.7 Å². The zero-order valence-corrected chi connectivity index (χ0v) is 8.96. The molecule has 0 saturated heterocycles. The van der Waals surface area contributed by atoms with Crippen LogP contribution in [0.25, 0.3) is 0 Å². The first kappa shape index (κ1) is 9.22. The predicted octanol–water partition coefficient (Wildman–Crippen LogP) is 2.00. The summed E-state index contributed by atoms with van der Waals surface area (Å²) in [5, 5.41) is 0. The van der Waals surface area contributed by atoms with Crippen LogP contribution in [0.3, 0.4) is 0 Å². The first-order valence-corrected chi connectivity index (χ1v) is 5.87. The standard InChI is InChI=1S/C13H17NO/c14-5-3-9-1-2-10-7-11-4-6-15-13(11)8-12(9)10/h7-9H,1-6,14H2/t9-/m1/s1. The minimum absolute atomic E-state index is 0.680. The van der Waals surface area contributed by atoms with Crippen LogP contribution in [0, 0.1) is 0 Å². The second-order valence-electron chi connectivity index (χ2n) is 4.57. The normalized spacial score (nSPS) is 22.3. The van der Waals surface area contributed by atoms with Crippen LogP contribution in [0.5, 0.6) is 5.75 Å². The number of rotatable bonds is 2. The van der Waals surface area contributed by atoms with Crippen molar-refractivity contribution in [3.63, 3.8) is 0 Å². The lowest BCUT2D eigenvalue weighted by atomic mass is 9.96. The lowest BCUT2D eigenvalue weighted by molar-refractivity contribution is 0.356. The molecule has 2 aliphatic rings. The van der Waals surface area contributed by atoms with E-state index in [2.05, 4.69) is 12.1 Å². The van der Waals surface area contributed by atoms with Crippen LogP contribution in [0.15, 0.2) is 12.1 Å². The maximum atomic E-state index is 5.65. The van der Waals surface area contributed by atoms with E-state index in [1.807, 2.05) is 0 Å². The van der Waals surface area contributed by atoms with Gasteiger partial charge in [0, 0.05) is 6.42 Å². The highest BCUT2D eigenvalue weighted by Gasteiger charge is 2.25. The third-order valence-corrected chi connectivity index (χ3v) is 3.67. The van der Waals surface area contributed by atoms with Crippen molar-refractivity contribution in [3.8, 4) is 5.75 Å². The van der Waals surface area contributed by atoms with Crippen LogP contribution in [0.2, 0.25) is 0 Å². The molecule has 2 nitrogen and oxygen atoms in total. The van der Waals surface area contributed by atoms with E-state index in [9.17, 15) is 0 Å². The van der Waals surface area contributed by atoms with Crippen molar-refractivity contribution in [1.29, 1.82) is 0 Å². The SMILES string of the molecule is NCC[C@H]1CCc2cc3c(cc21)OCC3. The second kappa shape index (κ2) is 3.53. The Morgan fingerprint density at radius 1 is 1.27 bits per heavy atom. The van der Waals surface area contributed by atoms with Gasteiger partial charge in [-0.25, -0.2) is 0 Å². The first-order valence-electron chi connectivity index (χ1n) is 5.87. The predicted molar refractivity (Wildman–Crippen MR) is 60.4 cm³/mol. The van der Waals surface area contributed by atoms with E-state index in [4.69, 9.17) is 10.5 Å². The molecule has 1 aliphatic carbocycles.